The largest absolute Gasteiger partial charge is 0.373 e. The van der Waals surface area contributed by atoms with Gasteiger partial charge in [0.1, 0.15) is 0 Å². The Balaban J connectivity index is 2.33. The minimum atomic E-state index is -1.30. The van der Waals surface area contributed by atoms with E-state index in [2.05, 4.69) is 21.2 Å². The Morgan fingerprint density at radius 2 is 2.00 bits per heavy atom. The highest BCUT2D eigenvalue weighted by atomic mass is 79.9. The summed E-state index contributed by atoms with van der Waals surface area (Å²) in [6, 6.07) is 6.64. The van der Waals surface area contributed by atoms with Crippen molar-refractivity contribution in [3.63, 3.8) is 0 Å². The van der Waals surface area contributed by atoms with E-state index in [1.54, 1.807) is 18.2 Å². The van der Waals surface area contributed by atoms with Crippen molar-refractivity contribution in [1.82, 2.24) is 0 Å². The van der Waals surface area contributed by atoms with Crippen LogP contribution in [0.5, 0.6) is 0 Å². The van der Waals surface area contributed by atoms with Gasteiger partial charge >= 0.3 is 0 Å². The third-order valence-electron chi connectivity index (χ3n) is 2.73. The maximum Gasteiger partial charge on any atom is 0.295 e. The monoisotopic (exact) mass is 376 g/mol. The van der Waals surface area contributed by atoms with E-state index < -0.39 is 27.9 Å². The maximum absolute atomic E-state index is 13.7. The molecule has 0 spiro atoms. The average molecular weight is 378 g/mol. The second-order valence-corrected chi connectivity index (χ2v) is 5.42. The van der Waals surface area contributed by atoms with Crippen LogP contribution in [0.4, 0.5) is 20.2 Å². The number of nitro groups is 1. The number of rotatable bonds is 4. The van der Waals surface area contributed by atoms with Gasteiger partial charge in [0.2, 0.25) is 0 Å². The summed E-state index contributed by atoms with van der Waals surface area (Å²) in [6.07, 6.45) is 0. The molecule has 0 aromatic heterocycles. The molecule has 0 aliphatic carbocycles. The number of hydrogen-bond acceptors (Lipinski definition) is 3. The van der Waals surface area contributed by atoms with Gasteiger partial charge in [0, 0.05) is 22.1 Å². The molecule has 21 heavy (non-hydrogen) atoms. The molecule has 4 nitrogen and oxygen atoms in total. The quantitative estimate of drug-likeness (QED) is 0.609. The smallest absolute Gasteiger partial charge is 0.295 e. The van der Waals surface area contributed by atoms with E-state index >= 15 is 0 Å². The fraction of sp³-hybridized carbons (Fsp3) is 0.0769. The van der Waals surface area contributed by atoms with Gasteiger partial charge in [-0.25, -0.2) is 8.78 Å². The molecular weight excluding hydrogens is 370 g/mol. The molecule has 2 rings (SSSR count). The third-order valence-corrected chi connectivity index (χ3v) is 3.59. The minimum Gasteiger partial charge on any atom is -0.373 e. The number of hydrogen-bond donors (Lipinski definition) is 1. The van der Waals surface area contributed by atoms with Crippen LogP contribution in [0.3, 0.4) is 0 Å². The minimum absolute atomic E-state index is 0.0134. The van der Waals surface area contributed by atoms with Gasteiger partial charge in [-0.1, -0.05) is 27.5 Å². The lowest BCUT2D eigenvalue weighted by Gasteiger charge is -2.10. The molecule has 8 heteroatoms. The van der Waals surface area contributed by atoms with E-state index in [1.807, 2.05) is 0 Å². The zero-order valence-corrected chi connectivity index (χ0v) is 12.7. The molecule has 0 aliphatic rings. The van der Waals surface area contributed by atoms with Crippen molar-refractivity contribution >= 4 is 38.9 Å². The number of nitrogens with one attached hydrogen (secondary N) is 1. The van der Waals surface area contributed by atoms with Crippen LogP contribution in [0.25, 0.3) is 0 Å². The Kier molecular flexibility index (Phi) is 4.74. The van der Waals surface area contributed by atoms with Gasteiger partial charge in [0.15, 0.2) is 17.3 Å². The molecule has 0 amide bonds. The van der Waals surface area contributed by atoms with Crippen LogP contribution < -0.4 is 5.32 Å². The Bertz CT molecular complexity index is 713. The number of nitro benzene ring substituents is 1. The highest BCUT2D eigenvalue weighted by Gasteiger charge is 2.21. The molecule has 1 N–H and O–H groups in total. The maximum atomic E-state index is 13.7. The molecule has 0 saturated heterocycles. The highest BCUT2D eigenvalue weighted by molar-refractivity contribution is 9.10. The molecule has 2 aromatic carbocycles. The van der Waals surface area contributed by atoms with Crippen molar-refractivity contribution in [1.29, 1.82) is 0 Å². The molecule has 0 saturated carbocycles. The van der Waals surface area contributed by atoms with Gasteiger partial charge in [0.25, 0.3) is 5.69 Å². The normalized spacial score (nSPS) is 10.5. The zero-order valence-electron chi connectivity index (χ0n) is 10.4. The van der Waals surface area contributed by atoms with E-state index in [0.29, 0.717) is 16.7 Å². The SMILES string of the molecule is O=[N+]([O-])c1ccc(F)c(F)c1NCc1cc(Br)ccc1Cl. The van der Waals surface area contributed by atoms with Gasteiger partial charge in [-0.15, -0.1) is 0 Å². The lowest BCUT2D eigenvalue weighted by atomic mass is 10.2. The topological polar surface area (TPSA) is 55.2 Å². The molecule has 0 unspecified atom stereocenters. The fourth-order valence-electron chi connectivity index (χ4n) is 1.72. The predicted molar refractivity (Wildman–Crippen MR) is 79.5 cm³/mol. The van der Waals surface area contributed by atoms with E-state index in [0.717, 1.165) is 10.5 Å². The van der Waals surface area contributed by atoms with Crippen LogP contribution in [0.2, 0.25) is 5.02 Å². The summed E-state index contributed by atoms with van der Waals surface area (Å²) in [6.45, 7) is 0.0134. The van der Waals surface area contributed by atoms with Gasteiger partial charge in [0.05, 0.1) is 4.92 Å². The molecular formula is C13H8BrClF2N2O2. The summed E-state index contributed by atoms with van der Waals surface area (Å²) in [5.74, 6) is -2.46. The lowest BCUT2D eigenvalue weighted by molar-refractivity contribution is -0.384. The molecule has 0 bridgehead atoms. The van der Waals surface area contributed by atoms with Crippen LogP contribution >= 0.6 is 27.5 Å². The number of nitrogens with zero attached hydrogens (tertiary/aromatic N) is 1. The molecule has 0 aliphatic heterocycles. The van der Waals surface area contributed by atoms with Crippen LogP contribution in [-0.4, -0.2) is 4.92 Å². The van der Waals surface area contributed by atoms with Crippen LogP contribution in [0.15, 0.2) is 34.8 Å². The van der Waals surface area contributed by atoms with E-state index in [9.17, 15) is 18.9 Å². The van der Waals surface area contributed by atoms with Crippen LogP contribution in [0.1, 0.15) is 5.56 Å². The predicted octanol–water partition coefficient (Wildman–Crippen LogP) is 4.90. The Hall–Kier alpha value is -1.73. The van der Waals surface area contributed by atoms with Crippen LogP contribution in [0, 0.1) is 21.7 Å². The zero-order chi connectivity index (χ0) is 15.6. The van der Waals surface area contributed by atoms with Gasteiger partial charge < -0.3 is 5.32 Å². The van der Waals surface area contributed by atoms with Crippen molar-refractivity contribution in [2.24, 2.45) is 0 Å². The van der Waals surface area contributed by atoms with Gasteiger partial charge in [-0.05, 0) is 29.8 Å². The number of halogens is 4. The molecule has 0 atom stereocenters. The van der Waals surface area contributed by atoms with Crippen molar-refractivity contribution in [2.45, 2.75) is 6.54 Å². The first-order chi connectivity index (χ1) is 9.90. The average Bonchev–Trinajstić information content (AvgIpc) is 2.43. The molecule has 2 aromatic rings. The molecule has 0 fully saturated rings. The lowest BCUT2D eigenvalue weighted by Crippen LogP contribution is -2.06. The van der Waals surface area contributed by atoms with Gasteiger partial charge in [-0.3, -0.25) is 10.1 Å². The van der Waals surface area contributed by atoms with Crippen molar-refractivity contribution in [3.05, 3.63) is 67.1 Å². The first-order valence-corrected chi connectivity index (χ1v) is 6.87. The summed E-state index contributed by atoms with van der Waals surface area (Å²) in [4.78, 5) is 10.1. The Morgan fingerprint density at radius 3 is 2.67 bits per heavy atom. The second kappa shape index (κ2) is 6.36. The summed E-state index contributed by atoms with van der Waals surface area (Å²) >= 11 is 9.23. The number of benzene rings is 2. The van der Waals surface area contributed by atoms with Crippen molar-refractivity contribution in [2.75, 3.05) is 5.32 Å². The standard InChI is InChI=1S/C13H8BrClF2N2O2/c14-8-1-2-9(15)7(5-8)6-18-13-11(19(20)21)4-3-10(16)12(13)17/h1-5,18H,6H2. The van der Waals surface area contributed by atoms with Crippen LogP contribution in [-0.2, 0) is 6.54 Å². The summed E-state index contributed by atoms with van der Waals surface area (Å²) < 4.78 is 27.7. The van der Waals surface area contributed by atoms with E-state index in [-0.39, 0.29) is 6.54 Å². The Morgan fingerprint density at radius 1 is 1.29 bits per heavy atom. The highest BCUT2D eigenvalue weighted by Crippen LogP contribution is 2.30. The van der Waals surface area contributed by atoms with Gasteiger partial charge in [-0.2, -0.15) is 0 Å². The molecule has 110 valence electrons. The summed E-state index contributed by atoms with van der Waals surface area (Å²) in [5.41, 5.74) is -0.458. The Labute approximate surface area is 132 Å². The summed E-state index contributed by atoms with van der Waals surface area (Å²) in [5, 5.41) is 13.8. The van der Waals surface area contributed by atoms with Crippen molar-refractivity contribution < 1.29 is 13.7 Å². The van der Waals surface area contributed by atoms with E-state index in [4.69, 9.17) is 11.6 Å². The number of anilines is 1. The first-order valence-electron chi connectivity index (χ1n) is 5.70. The third kappa shape index (κ3) is 3.48. The second-order valence-electron chi connectivity index (χ2n) is 4.10. The molecule has 0 radical (unpaired) electrons. The van der Waals surface area contributed by atoms with E-state index in [1.165, 1.54) is 0 Å². The first kappa shape index (κ1) is 15.7. The molecule has 0 heterocycles. The van der Waals surface area contributed by atoms with Crippen molar-refractivity contribution in [3.8, 4) is 0 Å². The summed E-state index contributed by atoms with van der Waals surface area (Å²) in [7, 11) is 0. The fourth-order valence-corrected chi connectivity index (χ4v) is 2.32.